The van der Waals surface area contributed by atoms with Gasteiger partial charge in [-0.15, -0.1) is 5.10 Å². The first-order valence-corrected chi connectivity index (χ1v) is 13.0. The number of ether oxygens (including phenoxy) is 4. The third-order valence-electron chi connectivity index (χ3n) is 6.25. The molecule has 0 aliphatic heterocycles. The zero-order chi connectivity index (χ0) is 27.7. The van der Waals surface area contributed by atoms with E-state index < -0.39 is 6.10 Å². The van der Waals surface area contributed by atoms with E-state index in [0.717, 1.165) is 27.9 Å². The first kappa shape index (κ1) is 27.3. The average Bonchev–Trinajstić information content (AvgIpc) is 3.44. The van der Waals surface area contributed by atoms with Gasteiger partial charge in [-0.3, -0.25) is 0 Å². The maximum Gasteiger partial charge on any atom is 0.163 e. The maximum atomic E-state index is 9.64. The fourth-order valence-corrected chi connectivity index (χ4v) is 4.22. The van der Waals surface area contributed by atoms with Crippen LogP contribution in [-0.4, -0.2) is 76.8 Å². The number of aliphatic hydroxyl groups is 1. The molecule has 4 aromatic rings. The lowest BCUT2D eigenvalue weighted by atomic mass is 10.1. The van der Waals surface area contributed by atoms with E-state index in [0.29, 0.717) is 62.2 Å². The Balaban J connectivity index is 1.37. The van der Waals surface area contributed by atoms with E-state index in [1.165, 1.54) is 6.33 Å². The van der Waals surface area contributed by atoms with Gasteiger partial charge in [0.05, 0.1) is 37.6 Å². The molecule has 0 spiro atoms. The number of hydrogen-bond donors (Lipinski definition) is 2. The van der Waals surface area contributed by atoms with Gasteiger partial charge in [0.1, 0.15) is 31.1 Å². The number of hydrogen-bond acceptors (Lipinski definition) is 10. The van der Waals surface area contributed by atoms with E-state index in [1.807, 2.05) is 54.7 Å². The van der Waals surface area contributed by atoms with Crippen LogP contribution in [-0.2, 0) is 16.0 Å². The number of benzene rings is 2. The van der Waals surface area contributed by atoms with E-state index in [4.69, 9.17) is 18.9 Å². The largest absolute Gasteiger partial charge is 0.487 e. The summed E-state index contributed by atoms with van der Waals surface area (Å²) in [5, 5.41) is 22.5. The molecule has 1 aliphatic carbocycles. The lowest BCUT2D eigenvalue weighted by Gasteiger charge is -2.15. The topological polar surface area (TPSA) is 126 Å². The van der Waals surface area contributed by atoms with Crippen LogP contribution in [0, 0.1) is 0 Å². The summed E-state index contributed by atoms with van der Waals surface area (Å²) in [5.74, 6) is 1.77. The van der Waals surface area contributed by atoms with E-state index >= 15 is 0 Å². The second-order valence-electron chi connectivity index (χ2n) is 9.17. The Morgan fingerprint density at radius 3 is 2.55 bits per heavy atom. The number of methoxy groups -OCH3 is 2. The van der Waals surface area contributed by atoms with E-state index in [9.17, 15) is 5.11 Å². The first-order chi connectivity index (χ1) is 19.6. The van der Waals surface area contributed by atoms with Crippen LogP contribution in [0.3, 0.4) is 0 Å². The lowest BCUT2D eigenvalue weighted by Crippen LogP contribution is -2.09. The number of aromatic nitrogens is 5. The van der Waals surface area contributed by atoms with E-state index in [-0.39, 0.29) is 0 Å². The molecule has 11 heteroatoms. The SMILES string of the molecule is COCCOc1cc2ncnc(Nc3cccc(-c4cn(CC5=CCC(O)C=C5)nn4)c3)c2cc1OCCOC. The molecule has 0 saturated carbocycles. The highest BCUT2D eigenvalue weighted by Gasteiger charge is 2.14. The monoisotopic (exact) mass is 544 g/mol. The van der Waals surface area contributed by atoms with Gasteiger partial charge >= 0.3 is 0 Å². The summed E-state index contributed by atoms with van der Waals surface area (Å²) in [6, 6.07) is 11.6. The van der Waals surface area contributed by atoms with Crippen molar-refractivity contribution < 1.29 is 24.1 Å². The number of fused-ring (bicyclic) bond motifs is 1. The van der Waals surface area contributed by atoms with Gasteiger partial charge in [-0.2, -0.15) is 0 Å². The standard InChI is InChI=1S/C29H32N6O5/c1-37-10-12-39-27-15-24-25(16-28(27)40-13-11-38-2)30-19-31-29(24)32-22-5-3-4-21(14-22)26-18-35(34-33-26)17-20-6-8-23(36)9-7-20/h3-8,14-16,18-19,23,36H,9-13,17H2,1-2H3,(H,30,31,32). The van der Waals surface area contributed by atoms with Gasteiger partial charge in [0.25, 0.3) is 0 Å². The molecule has 0 fully saturated rings. The molecule has 208 valence electrons. The first-order valence-electron chi connectivity index (χ1n) is 13.0. The van der Waals surface area contributed by atoms with Crippen LogP contribution < -0.4 is 14.8 Å². The zero-order valence-electron chi connectivity index (χ0n) is 22.5. The summed E-state index contributed by atoms with van der Waals surface area (Å²) < 4.78 is 23.9. The predicted octanol–water partition coefficient (Wildman–Crippen LogP) is 3.93. The number of rotatable bonds is 13. The summed E-state index contributed by atoms with van der Waals surface area (Å²) in [4.78, 5) is 8.94. The van der Waals surface area contributed by atoms with Gasteiger partial charge in [-0.1, -0.05) is 35.6 Å². The van der Waals surface area contributed by atoms with Crippen molar-refractivity contribution in [1.82, 2.24) is 25.0 Å². The van der Waals surface area contributed by atoms with Gasteiger partial charge in [-0.05, 0) is 30.2 Å². The molecule has 1 aliphatic rings. The van der Waals surface area contributed by atoms with Crippen LogP contribution in [0.15, 0.2) is 72.7 Å². The van der Waals surface area contributed by atoms with Gasteiger partial charge < -0.3 is 29.4 Å². The van der Waals surface area contributed by atoms with Crippen molar-refractivity contribution in [2.24, 2.45) is 0 Å². The molecule has 1 atom stereocenters. The van der Waals surface area contributed by atoms with Crippen LogP contribution in [0.4, 0.5) is 11.5 Å². The van der Waals surface area contributed by atoms with Gasteiger partial charge in [-0.25, -0.2) is 14.6 Å². The van der Waals surface area contributed by atoms with Crippen LogP contribution in [0.25, 0.3) is 22.2 Å². The van der Waals surface area contributed by atoms with Crippen molar-refractivity contribution in [3.8, 4) is 22.8 Å². The minimum Gasteiger partial charge on any atom is -0.487 e. The van der Waals surface area contributed by atoms with Gasteiger partial charge in [0, 0.05) is 36.9 Å². The molecule has 11 nitrogen and oxygen atoms in total. The molecule has 2 heterocycles. The number of nitrogens with zero attached hydrogens (tertiary/aromatic N) is 5. The summed E-state index contributed by atoms with van der Waals surface area (Å²) >= 11 is 0. The van der Waals surface area contributed by atoms with Crippen molar-refractivity contribution in [3.05, 3.63) is 72.7 Å². The highest BCUT2D eigenvalue weighted by molar-refractivity contribution is 5.93. The fourth-order valence-electron chi connectivity index (χ4n) is 4.22. The molecule has 0 amide bonds. The van der Waals surface area contributed by atoms with Crippen LogP contribution in [0.1, 0.15) is 6.42 Å². The predicted molar refractivity (Wildman–Crippen MR) is 151 cm³/mol. The Hall–Kier alpha value is -4.32. The Bertz CT molecular complexity index is 1500. The molecule has 0 saturated heterocycles. The third-order valence-corrected chi connectivity index (χ3v) is 6.25. The van der Waals surface area contributed by atoms with Crippen molar-refractivity contribution in [2.75, 3.05) is 46.0 Å². The van der Waals surface area contributed by atoms with Crippen molar-refractivity contribution >= 4 is 22.4 Å². The molecule has 0 radical (unpaired) electrons. The summed E-state index contributed by atoms with van der Waals surface area (Å²) in [6.07, 6.45) is 9.36. The van der Waals surface area contributed by atoms with Crippen molar-refractivity contribution in [2.45, 2.75) is 19.1 Å². The van der Waals surface area contributed by atoms with Gasteiger partial charge in [0.15, 0.2) is 11.5 Å². The highest BCUT2D eigenvalue weighted by atomic mass is 16.5. The minimum absolute atomic E-state index is 0.372. The fraction of sp³-hybridized carbons (Fsp3) is 0.310. The molecule has 5 rings (SSSR count). The Morgan fingerprint density at radius 1 is 1.00 bits per heavy atom. The normalized spacial score (nSPS) is 14.8. The highest BCUT2D eigenvalue weighted by Crippen LogP contribution is 2.35. The molecular formula is C29H32N6O5. The second kappa shape index (κ2) is 13.2. The number of anilines is 2. The zero-order valence-corrected chi connectivity index (χ0v) is 22.5. The quantitative estimate of drug-likeness (QED) is 0.239. The van der Waals surface area contributed by atoms with Crippen LogP contribution in [0.5, 0.6) is 11.5 Å². The molecule has 2 N–H and O–H groups in total. The van der Waals surface area contributed by atoms with Crippen LogP contribution in [0.2, 0.25) is 0 Å². The number of aliphatic hydroxyl groups excluding tert-OH is 1. The van der Waals surface area contributed by atoms with Gasteiger partial charge in [0.2, 0.25) is 0 Å². The van der Waals surface area contributed by atoms with Crippen molar-refractivity contribution in [3.63, 3.8) is 0 Å². The molecule has 0 bridgehead atoms. The second-order valence-corrected chi connectivity index (χ2v) is 9.17. The van der Waals surface area contributed by atoms with E-state index in [1.54, 1.807) is 25.0 Å². The number of allylic oxidation sites excluding steroid dienone is 2. The Labute approximate surface area is 232 Å². The minimum atomic E-state index is -0.414. The molecular weight excluding hydrogens is 512 g/mol. The smallest absolute Gasteiger partial charge is 0.163 e. The average molecular weight is 545 g/mol. The Morgan fingerprint density at radius 2 is 1.80 bits per heavy atom. The van der Waals surface area contributed by atoms with Crippen molar-refractivity contribution in [1.29, 1.82) is 0 Å². The molecule has 2 aromatic carbocycles. The molecule has 1 unspecified atom stereocenters. The third kappa shape index (κ3) is 6.81. The Kier molecular flexibility index (Phi) is 8.96. The summed E-state index contributed by atoms with van der Waals surface area (Å²) in [7, 11) is 3.25. The summed E-state index contributed by atoms with van der Waals surface area (Å²) in [5.41, 5.74) is 4.30. The summed E-state index contributed by atoms with van der Waals surface area (Å²) in [6.45, 7) is 2.24. The van der Waals surface area contributed by atoms with E-state index in [2.05, 4.69) is 25.6 Å². The maximum absolute atomic E-state index is 9.64. The molecule has 40 heavy (non-hydrogen) atoms. The lowest BCUT2D eigenvalue weighted by molar-refractivity contribution is 0.132. The number of nitrogens with one attached hydrogen (secondary N) is 1. The molecule has 2 aromatic heterocycles. The van der Waals surface area contributed by atoms with Crippen LogP contribution >= 0.6 is 0 Å².